The minimum atomic E-state index is -2.37. The Labute approximate surface area is 91.9 Å². The van der Waals surface area contributed by atoms with Crippen LogP contribution in [0.2, 0.25) is 0 Å². The van der Waals surface area contributed by atoms with E-state index >= 15 is 0 Å². The zero-order valence-electron chi connectivity index (χ0n) is 8.95. The van der Waals surface area contributed by atoms with Gasteiger partial charge in [-0.15, -0.1) is 0 Å². The maximum atomic E-state index is 12.4. The number of benzene rings is 1. The Bertz CT molecular complexity index is 505. The number of anilines is 1. The number of nitrogens with zero attached hydrogens (tertiary/aromatic N) is 2. The number of rotatable bonds is 3. The predicted octanol–water partition coefficient (Wildman–Crippen LogP) is 2.45. The van der Waals surface area contributed by atoms with Gasteiger partial charge in [-0.3, -0.25) is 0 Å². The first-order chi connectivity index (χ1) is 7.61. The van der Waals surface area contributed by atoms with Crippen molar-refractivity contribution < 1.29 is 8.78 Å². The van der Waals surface area contributed by atoms with Gasteiger partial charge in [-0.05, 0) is 18.2 Å². The third kappa shape index (κ3) is 1.85. The molecule has 0 spiro atoms. The Balaban J connectivity index is 2.59. The molecule has 0 amide bonds. The number of hydrogen-bond acceptors (Lipinski definition) is 2. The van der Waals surface area contributed by atoms with Gasteiger partial charge >= 0.3 is 0 Å². The molecule has 1 aromatic heterocycles. The standard InChI is InChI=1S/C11H13F2N3/c1-2-11-15-8-5-7(14)3-4-9(8)16(11)6-10(12)13/h3-5,10H,2,6,14H2,1H3. The highest BCUT2D eigenvalue weighted by molar-refractivity contribution is 5.79. The van der Waals surface area contributed by atoms with Gasteiger partial charge < -0.3 is 10.3 Å². The molecule has 0 unspecified atom stereocenters. The maximum Gasteiger partial charge on any atom is 0.256 e. The van der Waals surface area contributed by atoms with Crippen LogP contribution in [0.15, 0.2) is 18.2 Å². The van der Waals surface area contributed by atoms with Gasteiger partial charge in [-0.25, -0.2) is 13.8 Å². The summed E-state index contributed by atoms with van der Waals surface area (Å²) < 4.78 is 26.5. The predicted molar refractivity (Wildman–Crippen MR) is 59.5 cm³/mol. The second-order valence-electron chi connectivity index (χ2n) is 3.63. The summed E-state index contributed by atoms with van der Waals surface area (Å²) in [4.78, 5) is 4.29. The number of fused-ring (bicyclic) bond motifs is 1. The number of halogens is 2. The molecular weight excluding hydrogens is 212 g/mol. The molecule has 1 heterocycles. The van der Waals surface area contributed by atoms with Crippen LogP contribution >= 0.6 is 0 Å². The smallest absolute Gasteiger partial charge is 0.256 e. The Morgan fingerprint density at radius 1 is 1.44 bits per heavy atom. The summed E-state index contributed by atoms with van der Waals surface area (Å²) >= 11 is 0. The second-order valence-corrected chi connectivity index (χ2v) is 3.63. The van der Waals surface area contributed by atoms with E-state index in [1.165, 1.54) is 0 Å². The van der Waals surface area contributed by atoms with E-state index in [9.17, 15) is 8.78 Å². The van der Waals surface area contributed by atoms with Crippen molar-refractivity contribution in [3.05, 3.63) is 24.0 Å². The quantitative estimate of drug-likeness (QED) is 0.815. The molecule has 0 aliphatic rings. The molecule has 2 aromatic rings. The number of alkyl halides is 2. The largest absolute Gasteiger partial charge is 0.399 e. The molecule has 0 radical (unpaired) electrons. The lowest BCUT2D eigenvalue weighted by molar-refractivity contribution is 0.127. The van der Waals surface area contributed by atoms with Crippen LogP contribution in [-0.4, -0.2) is 16.0 Å². The summed E-state index contributed by atoms with van der Waals surface area (Å²) in [6, 6.07) is 5.14. The fourth-order valence-electron chi connectivity index (χ4n) is 1.81. The summed E-state index contributed by atoms with van der Waals surface area (Å²) in [5.41, 5.74) is 7.62. The molecular formula is C11H13F2N3. The molecule has 16 heavy (non-hydrogen) atoms. The Kier molecular flexibility index (Phi) is 2.77. The van der Waals surface area contributed by atoms with Crippen molar-refractivity contribution >= 4 is 16.7 Å². The van der Waals surface area contributed by atoms with Gasteiger partial charge in [0.05, 0.1) is 17.6 Å². The Hall–Kier alpha value is -1.65. The summed E-state index contributed by atoms with van der Waals surface area (Å²) in [7, 11) is 0. The first-order valence-corrected chi connectivity index (χ1v) is 5.14. The van der Waals surface area contributed by atoms with Crippen molar-refractivity contribution in [2.45, 2.75) is 26.3 Å². The molecule has 0 aliphatic carbocycles. The number of imidazole rings is 1. The third-order valence-electron chi connectivity index (χ3n) is 2.49. The van der Waals surface area contributed by atoms with Crippen LogP contribution < -0.4 is 5.73 Å². The summed E-state index contributed by atoms with van der Waals surface area (Å²) in [5.74, 6) is 0.668. The molecule has 86 valence electrons. The molecule has 2 rings (SSSR count). The fourth-order valence-corrected chi connectivity index (χ4v) is 1.81. The van der Waals surface area contributed by atoms with E-state index in [-0.39, 0.29) is 6.54 Å². The minimum absolute atomic E-state index is 0.316. The maximum absolute atomic E-state index is 12.4. The van der Waals surface area contributed by atoms with Crippen LogP contribution in [0.5, 0.6) is 0 Å². The van der Waals surface area contributed by atoms with Gasteiger partial charge in [0.25, 0.3) is 6.43 Å². The van der Waals surface area contributed by atoms with Gasteiger partial charge in [0.2, 0.25) is 0 Å². The van der Waals surface area contributed by atoms with E-state index in [1.54, 1.807) is 22.8 Å². The van der Waals surface area contributed by atoms with Gasteiger partial charge in [0.1, 0.15) is 5.82 Å². The van der Waals surface area contributed by atoms with Crippen LogP contribution in [0, 0.1) is 0 Å². The van der Waals surface area contributed by atoms with Crippen molar-refractivity contribution in [3.63, 3.8) is 0 Å². The van der Waals surface area contributed by atoms with Crippen LogP contribution in [-0.2, 0) is 13.0 Å². The molecule has 0 atom stereocenters. The van der Waals surface area contributed by atoms with Crippen LogP contribution in [0.1, 0.15) is 12.7 Å². The first kappa shape index (κ1) is 10.9. The molecule has 0 fully saturated rings. The summed E-state index contributed by atoms with van der Waals surface area (Å²) in [5, 5.41) is 0. The summed E-state index contributed by atoms with van der Waals surface area (Å²) in [6.07, 6.45) is -1.75. The lowest BCUT2D eigenvalue weighted by Gasteiger charge is -2.06. The number of aromatic nitrogens is 2. The fraction of sp³-hybridized carbons (Fsp3) is 0.364. The van der Waals surface area contributed by atoms with Crippen LogP contribution in [0.3, 0.4) is 0 Å². The minimum Gasteiger partial charge on any atom is -0.399 e. The molecule has 0 saturated carbocycles. The SMILES string of the molecule is CCc1nc2cc(N)ccc2n1CC(F)F. The zero-order chi connectivity index (χ0) is 11.7. The molecule has 5 heteroatoms. The van der Waals surface area contributed by atoms with Crippen molar-refractivity contribution in [1.29, 1.82) is 0 Å². The molecule has 0 aliphatic heterocycles. The monoisotopic (exact) mass is 225 g/mol. The lowest BCUT2D eigenvalue weighted by atomic mass is 10.3. The number of nitrogens with two attached hydrogens (primary N) is 1. The first-order valence-electron chi connectivity index (χ1n) is 5.14. The molecule has 2 N–H and O–H groups in total. The average Bonchev–Trinajstić information content (AvgIpc) is 2.55. The van der Waals surface area contributed by atoms with E-state index in [0.29, 0.717) is 29.0 Å². The van der Waals surface area contributed by atoms with Crippen molar-refractivity contribution in [3.8, 4) is 0 Å². The Morgan fingerprint density at radius 3 is 2.81 bits per heavy atom. The van der Waals surface area contributed by atoms with Crippen molar-refractivity contribution in [2.24, 2.45) is 0 Å². The van der Waals surface area contributed by atoms with Crippen LogP contribution in [0.25, 0.3) is 11.0 Å². The highest BCUT2D eigenvalue weighted by atomic mass is 19.3. The van der Waals surface area contributed by atoms with Gasteiger partial charge in [0, 0.05) is 12.1 Å². The molecule has 0 saturated heterocycles. The lowest BCUT2D eigenvalue weighted by Crippen LogP contribution is -2.09. The topological polar surface area (TPSA) is 43.8 Å². The highest BCUT2D eigenvalue weighted by Crippen LogP contribution is 2.20. The normalized spacial score (nSPS) is 11.5. The number of hydrogen-bond donors (Lipinski definition) is 1. The van der Waals surface area contributed by atoms with Crippen molar-refractivity contribution in [1.82, 2.24) is 9.55 Å². The van der Waals surface area contributed by atoms with Gasteiger partial charge in [-0.1, -0.05) is 6.92 Å². The summed E-state index contributed by atoms with van der Waals surface area (Å²) in [6.45, 7) is 1.58. The number of aryl methyl sites for hydroxylation is 1. The van der Waals surface area contributed by atoms with Crippen LogP contribution in [0.4, 0.5) is 14.5 Å². The zero-order valence-corrected chi connectivity index (χ0v) is 8.95. The van der Waals surface area contributed by atoms with Crippen molar-refractivity contribution in [2.75, 3.05) is 5.73 Å². The number of nitrogen functional groups attached to an aromatic ring is 1. The second kappa shape index (κ2) is 4.08. The molecule has 0 bridgehead atoms. The molecule has 3 nitrogen and oxygen atoms in total. The van der Waals surface area contributed by atoms with Gasteiger partial charge in [0.15, 0.2) is 0 Å². The van der Waals surface area contributed by atoms with Gasteiger partial charge in [-0.2, -0.15) is 0 Å². The average molecular weight is 225 g/mol. The Morgan fingerprint density at radius 2 is 2.19 bits per heavy atom. The van der Waals surface area contributed by atoms with E-state index in [1.807, 2.05) is 6.92 Å². The highest BCUT2D eigenvalue weighted by Gasteiger charge is 2.13. The van der Waals surface area contributed by atoms with E-state index in [0.717, 1.165) is 0 Å². The third-order valence-corrected chi connectivity index (χ3v) is 2.49. The van der Waals surface area contributed by atoms with E-state index in [2.05, 4.69) is 4.98 Å². The van der Waals surface area contributed by atoms with E-state index in [4.69, 9.17) is 5.73 Å². The molecule has 1 aromatic carbocycles. The van der Waals surface area contributed by atoms with E-state index < -0.39 is 6.43 Å².